The lowest BCUT2D eigenvalue weighted by molar-refractivity contribution is -0.138. The third kappa shape index (κ3) is 11.3. The first kappa shape index (κ1) is 38.5. The zero-order valence-corrected chi connectivity index (χ0v) is 26.0. The number of alkyl halides is 6. The molecule has 0 amide bonds. The summed E-state index contributed by atoms with van der Waals surface area (Å²) in [5.41, 5.74) is -0.657. The van der Waals surface area contributed by atoms with Crippen molar-refractivity contribution in [2.24, 2.45) is 0 Å². The molecule has 4 rings (SSSR count). The highest BCUT2D eigenvalue weighted by Gasteiger charge is 2.31. The first-order valence-electron chi connectivity index (χ1n) is 12.7. The van der Waals surface area contributed by atoms with Crippen LogP contribution in [0.5, 0.6) is 11.5 Å². The highest BCUT2D eigenvalue weighted by Crippen LogP contribution is 2.34. The number of benzene rings is 2. The van der Waals surface area contributed by atoms with E-state index in [1.165, 1.54) is 58.0 Å². The molecule has 10 nitrogen and oxygen atoms in total. The van der Waals surface area contributed by atoms with Gasteiger partial charge in [-0.3, -0.25) is 0 Å². The zero-order chi connectivity index (χ0) is 35.5. The quantitative estimate of drug-likeness (QED) is 0.132. The summed E-state index contributed by atoms with van der Waals surface area (Å²) in [5, 5.41) is 26.0. The van der Waals surface area contributed by atoms with E-state index in [4.69, 9.17) is 24.6 Å². The van der Waals surface area contributed by atoms with Crippen molar-refractivity contribution >= 4 is 40.4 Å². The standard InChI is InChI=1S/C14H10F3NO3.C8H8BrNO3.C7H6BF3O2/c1-21-12-6-11(13(19)20)18-7-10(12)8-2-4-9(5-3-8)14(15,16)17;1-12-7-3-6(8(11)13-2)10-4-5(7)9;9-7(10,11)5-1-3-6(4-2-5)8(12)13/h2-7H,1H3,(H,19,20);3-4H,1-2H3;1-4,12-13H. The van der Waals surface area contributed by atoms with Crippen LogP contribution in [0.1, 0.15) is 32.1 Å². The summed E-state index contributed by atoms with van der Waals surface area (Å²) < 4.78 is 88.8. The summed E-state index contributed by atoms with van der Waals surface area (Å²) in [6.07, 6.45) is -6.05. The van der Waals surface area contributed by atoms with Crippen LogP contribution in [0.3, 0.4) is 0 Å². The molecule has 3 N–H and O–H groups in total. The number of carboxylic acid groups (broad SMARTS) is 1. The number of rotatable bonds is 6. The van der Waals surface area contributed by atoms with Crippen molar-refractivity contribution in [3.05, 3.63) is 100 Å². The van der Waals surface area contributed by atoms with Gasteiger partial charge in [0.15, 0.2) is 11.4 Å². The third-order valence-corrected chi connectivity index (χ3v) is 6.39. The molecule has 0 radical (unpaired) electrons. The molecule has 0 saturated carbocycles. The molecule has 2 heterocycles. The van der Waals surface area contributed by atoms with Crippen LogP contribution in [0, 0.1) is 0 Å². The minimum Gasteiger partial charge on any atom is -0.496 e. The summed E-state index contributed by atoms with van der Waals surface area (Å²) >= 11 is 3.22. The fourth-order valence-electron chi connectivity index (χ4n) is 3.42. The number of aromatic nitrogens is 2. The van der Waals surface area contributed by atoms with E-state index >= 15 is 0 Å². The van der Waals surface area contributed by atoms with Crippen LogP contribution >= 0.6 is 15.9 Å². The maximum Gasteiger partial charge on any atom is 0.488 e. The molecular weight excluding hydrogens is 709 g/mol. The normalized spacial score (nSPS) is 10.8. The lowest BCUT2D eigenvalue weighted by Crippen LogP contribution is -2.29. The summed E-state index contributed by atoms with van der Waals surface area (Å²) in [4.78, 5) is 29.5. The molecule has 2 aromatic carbocycles. The third-order valence-electron chi connectivity index (χ3n) is 5.80. The number of carbonyl (C=O) groups is 2. The van der Waals surface area contributed by atoms with E-state index in [9.17, 15) is 35.9 Å². The Balaban J connectivity index is 0.000000258. The molecule has 0 aliphatic rings. The van der Waals surface area contributed by atoms with Gasteiger partial charge in [0.05, 0.1) is 36.9 Å². The molecule has 2 aromatic heterocycles. The molecule has 0 atom stereocenters. The Morgan fingerprint density at radius 3 is 1.64 bits per heavy atom. The molecule has 4 aromatic rings. The predicted molar refractivity (Wildman–Crippen MR) is 159 cm³/mol. The number of hydrogen-bond donors (Lipinski definition) is 3. The van der Waals surface area contributed by atoms with Gasteiger partial charge in [0.1, 0.15) is 11.5 Å². The molecule has 0 unspecified atom stereocenters. The molecule has 0 spiro atoms. The van der Waals surface area contributed by atoms with Crippen LogP contribution in [0.4, 0.5) is 26.3 Å². The Morgan fingerprint density at radius 1 is 0.745 bits per heavy atom. The van der Waals surface area contributed by atoms with Gasteiger partial charge in [0.2, 0.25) is 0 Å². The van der Waals surface area contributed by atoms with Crippen LogP contribution in [0.25, 0.3) is 11.1 Å². The van der Waals surface area contributed by atoms with Crippen molar-refractivity contribution in [3.8, 4) is 22.6 Å². The minimum atomic E-state index is -4.41. The van der Waals surface area contributed by atoms with Crippen molar-refractivity contribution in [2.45, 2.75) is 12.4 Å². The number of aromatic carboxylic acids is 1. The SMILES string of the molecule is COC(=O)c1cc(OC)c(Br)cn1.COc1cc(C(=O)O)ncc1-c1ccc(C(F)(F)F)cc1.OB(O)c1ccc(C(F)(F)F)cc1. The van der Waals surface area contributed by atoms with Crippen molar-refractivity contribution in [3.63, 3.8) is 0 Å². The number of esters is 1. The average molecular weight is 733 g/mol. The second-order valence-electron chi connectivity index (χ2n) is 8.84. The Kier molecular flexibility index (Phi) is 13.7. The molecule has 0 saturated heterocycles. The maximum absolute atomic E-state index is 12.5. The number of carboxylic acids is 1. The van der Waals surface area contributed by atoms with Gasteiger partial charge < -0.3 is 29.4 Å². The highest BCUT2D eigenvalue weighted by atomic mass is 79.9. The van der Waals surface area contributed by atoms with Crippen LogP contribution in [-0.2, 0) is 17.1 Å². The fourth-order valence-corrected chi connectivity index (χ4v) is 3.79. The lowest BCUT2D eigenvalue weighted by Gasteiger charge is -2.11. The monoisotopic (exact) mass is 732 g/mol. The number of hydrogen-bond acceptors (Lipinski definition) is 9. The average Bonchev–Trinajstić information content (AvgIpc) is 3.04. The number of ether oxygens (including phenoxy) is 3. The summed E-state index contributed by atoms with van der Waals surface area (Å²) in [6.45, 7) is 0. The van der Waals surface area contributed by atoms with Gasteiger partial charge in [-0.15, -0.1) is 0 Å². The van der Waals surface area contributed by atoms with Crippen molar-refractivity contribution < 1.29 is 65.3 Å². The van der Waals surface area contributed by atoms with Crippen LogP contribution in [0.15, 0.2) is 77.5 Å². The van der Waals surface area contributed by atoms with E-state index in [0.717, 1.165) is 36.4 Å². The number of methoxy groups -OCH3 is 3. The number of nitrogens with zero attached hydrogens (tertiary/aromatic N) is 2. The summed E-state index contributed by atoms with van der Waals surface area (Å²) in [5.74, 6) is -0.921. The topological polar surface area (TPSA) is 148 Å². The first-order valence-corrected chi connectivity index (χ1v) is 13.5. The van der Waals surface area contributed by atoms with E-state index in [-0.39, 0.29) is 22.6 Å². The van der Waals surface area contributed by atoms with E-state index in [1.54, 1.807) is 0 Å². The minimum absolute atomic E-state index is 0.0352. The Labute approximate surface area is 271 Å². The molecule has 18 heteroatoms. The second-order valence-corrected chi connectivity index (χ2v) is 9.69. The van der Waals surface area contributed by atoms with Gasteiger partial charge in [0.25, 0.3) is 0 Å². The maximum atomic E-state index is 12.5. The zero-order valence-electron chi connectivity index (χ0n) is 24.4. The van der Waals surface area contributed by atoms with Gasteiger partial charge in [-0.25, -0.2) is 19.6 Å². The van der Waals surface area contributed by atoms with Gasteiger partial charge in [-0.05, 0) is 39.1 Å². The smallest absolute Gasteiger partial charge is 0.488 e. The summed E-state index contributed by atoms with van der Waals surface area (Å²) in [6, 6.07) is 10.8. The lowest BCUT2D eigenvalue weighted by atomic mass is 9.80. The predicted octanol–water partition coefficient (Wildman–Crippen LogP) is 5.50. The van der Waals surface area contributed by atoms with E-state index < -0.39 is 42.5 Å². The van der Waals surface area contributed by atoms with E-state index in [0.29, 0.717) is 21.3 Å². The van der Waals surface area contributed by atoms with Crippen molar-refractivity contribution in [1.82, 2.24) is 9.97 Å². The van der Waals surface area contributed by atoms with E-state index in [2.05, 4.69) is 30.6 Å². The van der Waals surface area contributed by atoms with Crippen LogP contribution < -0.4 is 14.9 Å². The second kappa shape index (κ2) is 16.8. The molecular formula is C29H24BBrF6N2O8. The Morgan fingerprint density at radius 2 is 1.21 bits per heavy atom. The highest BCUT2D eigenvalue weighted by molar-refractivity contribution is 9.10. The number of pyridine rings is 2. The largest absolute Gasteiger partial charge is 0.496 e. The van der Waals surface area contributed by atoms with E-state index in [1.807, 2.05) is 0 Å². The van der Waals surface area contributed by atoms with Crippen LogP contribution in [-0.4, -0.2) is 65.5 Å². The molecule has 0 fully saturated rings. The Hall–Kier alpha value is -4.68. The molecule has 47 heavy (non-hydrogen) atoms. The van der Waals surface area contributed by atoms with Gasteiger partial charge in [0, 0.05) is 30.1 Å². The first-order chi connectivity index (χ1) is 21.9. The molecule has 0 aliphatic carbocycles. The molecule has 250 valence electrons. The van der Waals surface area contributed by atoms with Crippen molar-refractivity contribution in [2.75, 3.05) is 21.3 Å². The fraction of sp³-hybridized carbons (Fsp3) is 0.172. The number of halogens is 7. The Bertz CT molecular complexity index is 1660. The van der Waals surface area contributed by atoms with Crippen LogP contribution in [0.2, 0.25) is 0 Å². The molecule has 0 bridgehead atoms. The van der Waals surface area contributed by atoms with Crippen molar-refractivity contribution in [1.29, 1.82) is 0 Å². The molecule has 0 aliphatic heterocycles. The van der Waals surface area contributed by atoms with Gasteiger partial charge in [-0.2, -0.15) is 26.3 Å². The van der Waals surface area contributed by atoms with Gasteiger partial charge in [-0.1, -0.05) is 36.4 Å². The summed E-state index contributed by atoms with van der Waals surface area (Å²) in [7, 11) is 2.43. The van der Waals surface area contributed by atoms with Gasteiger partial charge >= 0.3 is 31.4 Å². The number of carbonyl (C=O) groups excluding carboxylic acids is 1.